The molecule has 82 heavy (non-hydrogen) atoms. The fraction of sp³-hybridized carbons (Fsp3) is 0.234. The molecule has 10 nitrogen and oxygen atoms in total. The molecule has 0 amide bonds. The third-order valence-corrected chi connectivity index (χ3v) is 22.2. The van der Waals surface area contributed by atoms with Crippen molar-refractivity contribution in [2.24, 2.45) is 11.7 Å². The fourth-order valence-corrected chi connectivity index (χ4v) is 17.7. The number of carbonyl (C=O) groups is 1. The molecule has 3 N–H and O–H groups in total. The molecule has 7 aromatic carbocycles. The number of ether oxygens (including phenoxy) is 7. The Labute approximate surface area is 510 Å². The van der Waals surface area contributed by atoms with E-state index in [-0.39, 0.29) is 64.1 Å². The minimum atomic E-state index is -0.335. The van der Waals surface area contributed by atoms with Gasteiger partial charge in [0.15, 0.2) is 0 Å². The number of hydrogen-bond donors (Lipinski definition) is 2. The van der Waals surface area contributed by atoms with Gasteiger partial charge in [0, 0.05) is 38.4 Å². The first kappa shape index (κ1) is 58.3. The molecule has 0 radical (unpaired) electrons. The molecule has 0 aromatic heterocycles. The summed E-state index contributed by atoms with van der Waals surface area (Å²) in [5.74, 6) is 6.57. The molecule has 0 saturated carbocycles. The summed E-state index contributed by atoms with van der Waals surface area (Å²) >= 11 is 13.7. The van der Waals surface area contributed by atoms with Gasteiger partial charge in [0.25, 0.3) is 0 Å². The number of aliphatic hydroxyl groups excluding tert-OH is 1. The van der Waals surface area contributed by atoms with Crippen molar-refractivity contribution < 1.29 is 43.1 Å². The first-order valence-corrected chi connectivity index (χ1v) is 33.5. The number of fused-ring (bicyclic) bond motifs is 4. The minimum absolute atomic E-state index is 0.0613. The van der Waals surface area contributed by atoms with Crippen LogP contribution < -0.4 is 55.0 Å². The largest absolute Gasteiger partial charge is 0.496 e. The van der Waals surface area contributed by atoms with Crippen LogP contribution in [0.2, 0.25) is 0 Å². The number of nitrogens with two attached hydrogens (primary N) is 1. The highest BCUT2D eigenvalue weighted by Gasteiger charge is 2.22. The molecular formula is C64H57NO9S8. The van der Waals surface area contributed by atoms with Crippen molar-refractivity contribution in [1.29, 1.82) is 0 Å². The van der Waals surface area contributed by atoms with E-state index in [4.69, 9.17) is 45.3 Å². The van der Waals surface area contributed by atoms with Crippen molar-refractivity contribution in [3.05, 3.63) is 160 Å². The van der Waals surface area contributed by atoms with Gasteiger partial charge in [-0.1, -0.05) is 101 Å². The number of methoxy groups -OCH3 is 1. The number of rotatable bonds is 21. The lowest BCUT2D eigenvalue weighted by Gasteiger charge is -2.22. The van der Waals surface area contributed by atoms with Crippen molar-refractivity contribution in [1.82, 2.24) is 0 Å². The second-order valence-corrected chi connectivity index (χ2v) is 27.6. The molecule has 7 aromatic rings. The lowest BCUT2D eigenvalue weighted by atomic mass is 9.98. The van der Waals surface area contributed by atoms with E-state index < -0.39 is 0 Å². The number of terminal acetylenes is 1. The first-order valence-electron chi connectivity index (χ1n) is 26.5. The zero-order valence-corrected chi connectivity index (χ0v) is 51.6. The number of hydrogen-bond acceptors (Lipinski definition) is 18. The lowest BCUT2D eigenvalue weighted by Crippen LogP contribution is -2.21. The van der Waals surface area contributed by atoms with Crippen LogP contribution in [0.1, 0.15) is 44.2 Å². The molecule has 0 aliphatic carbocycles. The molecule has 0 saturated heterocycles. The standard InChI is InChI=1S/C64H57NO9S8/c1-5-6-7-56(67)71-19-18-70-43-9-13-47-51(32-43)58(62-77-22-23-78-62)49-15-11-45(34-53(49)60(47)64-81-26-27-82-64)73-37-41-29-54(68-4)40(30-55(41)74-39(3)28-38(2)35-65)36-72-44-10-14-48-52(33-44)59(63-79-24-25-80-63)46-12-8-42(69-17-16-66)31-50(46)57(48)61-75-20-21-76-61/h1,8-15,20-27,29-34,38-39,66H,6-7,16-19,28,35-37,65H2,2-4H3. The highest BCUT2D eigenvalue weighted by molar-refractivity contribution is 8.36. The van der Waals surface area contributed by atoms with E-state index in [0.717, 1.165) is 87.3 Å². The van der Waals surface area contributed by atoms with Crippen LogP contribution >= 0.6 is 94.1 Å². The predicted octanol–water partition coefficient (Wildman–Crippen LogP) is 14.0. The molecule has 2 unspecified atom stereocenters. The molecule has 4 heterocycles. The van der Waals surface area contributed by atoms with Crippen molar-refractivity contribution in [2.75, 3.05) is 40.1 Å². The third-order valence-electron chi connectivity index (χ3n) is 13.7. The molecule has 0 bridgehead atoms. The number of thioether (sulfide) groups is 8. The summed E-state index contributed by atoms with van der Waals surface area (Å²) in [6.07, 6.45) is 6.48. The fourth-order valence-electron chi connectivity index (χ4n) is 10.1. The van der Waals surface area contributed by atoms with E-state index in [2.05, 4.69) is 112 Å². The van der Waals surface area contributed by atoms with Crippen molar-refractivity contribution in [3.63, 3.8) is 0 Å². The average Bonchev–Trinajstić information content (AvgIpc) is 4.31. The Balaban J connectivity index is 0.932. The van der Waals surface area contributed by atoms with Gasteiger partial charge in [0.05, 0.1) is 43.2 Å². The summed E-state index contributed by atoms with van der Waals surface area (Å²) < 4.78 is 48.9. The number of aliphatic hydroxyl groups is 1. The number of benzene rings is 7. The SMILES string of the molecule is C#CCCC(=O)OCCOc1ccc2c(=C3SC=CS3)c3cc(OCc4cc(OC)c(COc5ccc6c(=C7SC=CS7)c7cc(OCCO)ccc7c(=C7SC=CS7)c6c5)cc4OC(C)CC(C)CN)ccc3c(=C3SC=CS3)c2c1. The van der Waals surface area contributed by atoms with Crippen LogP contribution in [0.15, 0.2) is 128 Å². The highest BCUT2D eigenvalue weighted by Crippen LogP contribution is 2.44. The summed E-state index contributed by atoms with van der Waals surface area (Å²) in [5, 5.41) is 39.8. The van der Waals surface area contributed by atoms with Crippen LogP contribution in [0.4, 0.5) is 0 Å². The van der Waals surface area contributed by atoms with Gasteiger partial charge < -0.3 is 44.0 Å². The summed E-state index contributed by atoms with van der Waals surface area (Å²) in [7, 11) is 1.68. The van der Waals surface area contributed by atoms with Gasteiger partial charge in [-0.05, 0) is 197 Å². The summed E-state index contributed by atoms with van der Waals surface area (Å²) in [5.41, 5.74) is 7.78. The maximum Gasteiger partial charge on any atom is 0.306 e. The van der Waals surface area contributed by atoms with E-state index in [1.807, 2.05) is 36.4 Å². The van der Waals surface area contributed by atoms with Crippen LogP contribution in [-0.4, -0.2) is 57.3 Å². The normalized spacial score (nSPS) is 15.4. The monoisotopic (exact) mass is 1240 g/mol. The minimum Gasteiger partial charge on any atom is -0.496 e. The Morgan fingerprint density at radius 3 is 1.32 bits per heavy atom. The van der Waals surface area contributed by atoms with Gasteiger partial charge in [-0.25, -0.2) is 0 Å². The van der Waals surface area contributed by atoms with Crippen molar-refractivity contribution in [2.45, 2.75) is 52.4 Å². The molecule has 0 spiro atoms. The van der Waals surface area contributed by atoms with Crippen LogP contribution in [0.25, 0.3) is 60.0 Å². The van der Waals surface area contributed by atoms with E-state index >= 15 is 0 Å². The smallest absolute Gasteiger partial charge is 0.306 e. The summed E-state index contributed by atoms with van der Waals surface area (Å²) in [6.45, 7) is 5.69. The summed E-state index contributed by atoms with van der Waals surface area (Å²) in [4.78, 5) is 12.1. The maximum atomic E-state index is 12.1. The van der Waals surface area contributed by atoms with Gasteiger partial charge in [-0.15, -0.1) is 12.3 Å². The van der Waals surface area contributed by atoms with Crippen molar-refractivity contribution in [3.8, 4) is 46.8 Å². The highest BCUT2D eigenvalue weighted by atomic mass is 32.2. The van der Waals surface area contributed by atoms with Gasteiger partial charge in [0.2, 0.25) is 0 Å². The first-order chi connectivity index (χ1) is 40.2. The Kier molecular flexibility index (Phi) is 19.6. The molecule has 420 valence electrons. The summed E-state index contributed by atoms with van der Waals surface area (Å²) in [6, 6.07) is 29.3. The van der Waals surface area contributed by atoms with E-state index in [0.29, 0.717) is 41.7 Å². The van der Waals surface area contributed by atoms with Crippen LogP contribution in [0, 0.1) is 18.3 Å². The zero-order chi connectivity index (χ0) is 56.5. The number of esters is 1. The molecule has 4 aliphatic heterocycles. The molecule has 18 heteroatoms. The Bertz CT molecular complexity index is 4040. The van der Waals surface area contributed by atoms with Gasteiger partial charge in [-0.3, -0.25) is 4.79 Å². The topological polar surface area (TPSA) is 128 Å². The molecular weight excluding hydrogens is 1180 g/mol. The Morgan fingerprint density at radius 1 is 0.537 bits per heavy atom. The van der Waals surface area contributed by atoms with E-state index in [1.165, 1.54) is 16.9 Å². The average molecular weight is 1240 g/mol. The second kappa shape index (κ2) is 27.5. The zero-order valence-electron chi connectivity index (χ0n) is 45.1. The second-order valence-electron chi connectivity index (χ2n) is 19.2. The lowest BCUT2D eigenvalue weighted by molar-refractivity contribution is -0.144. The maximum absolute atomic E-state index is 12.1. The third kappa shape index (κ3) is 13.1. The van der Waals surface area contributed by atoms with Crippen LogP contribution in [0.3, 0.4) is 0 Å². The Hall–Kier alpha value is -5.43. The molecule has 2 atom stereocenters. The molecule has 11 rings (SSSR count). The predicted molar refractivity (Wildman–Crippen MR) is 354 cm³/mol. The van der Waals surface area contributed by atoms with E-state index in [9.17, 15) is 9.90 Å². The quantitative estimate of drug-likeness (QED) is 0.0306. The Morgan fingerprint density at radius 2 is 0.927 bits per heavy atom. The van der Waals surface area contributed by atoms with Crippen molar-refractivity contribution >= 4 is 160 Å². The van der Waals surface area contributed by atoms with Gasteiger partial charge >= 0.3 is 5.97 Å². The van der Waals surface area contributed by atoms with Gasteiger partial charge in [0.1, 0.15) is 67.5 Å². The van der Waals surface area contributed by atoms with Crippen LogP contribution in [-0.2, 0) is 22.7 Å². The molecule has 4 aliphatic rings. The molecule has 0 fully saturated rings. The van der Waals surface area contributed by atoms with Gasteiger partial charge in [-0.2, -0.15) is 0 Å². The van der Waals surface area contributed by atoms with E-state index in [1.54, 1.807) is 101 Å². The van der Waals surface area contributed by atoms with Crippen LogP contribution in [0.5, 0.6) is 34.5 Å². The number of carbonyl (C=O) groups excluding carboxylic acids is 1.